The Hall–Kier alpha value is -1.95. The predicted octanol–water partition coefficient (Wildman–Crippen LogP) is 4.28. The lowest BCUT2D eigenvalue weighted by atomic mass is 10.2. The minimum absolute atomic E-state index is 0.00746. The van der Waals surface area contributed by atoms with Crippen molar-refractivity contribution in [3.05, 3.63) is 46.4 Å². The molecule has 0 radical (unpaired) electrons. The summed E-state index contributed by atoms with van der Waals surface area (Å²) in [5.41, 5.74) is 1.19. The minimum Gasteiger partial charge on any atom is -0.496 e. The maximum Gasteiger partial charge on any atom is 0.186 e. The molecule has 0 saturated carbocycles. The molecule has 3 aromatic rings. The molecule has 0 saturated heterocycles. The monoisotopic (exact) mass is 338 g/mol. The summed E-state index contributed by atoms with van der Waals surface area (Å²) in [4.78, 5) is 7.07. The van der Waals surface area contributed by atoms with Crippen molar-refractivity contribution >= 4 is 27.0 Å². The van der Waals surface area contributed by atoms with Gasteiger partial charge in [0.05, 0.1) is 17.1 Å². The van der Waals surface area contributed by atoms with Gasteiger partial charge in [-0.2, -0.15) is 0 Å². The maximum atomic E-state index is 13.6. The largest absolute Gasteiger partial charge is 0.496 e. The number of nitrogens with one attached hydrogen (secondary N) is 1. The number of rotatable bonds is 2. The van der Waals surface area contributed by atoms with Crippen LogP contribution in [0.3, 0.4) is 0 Å². The van der Waals surface area contributed by atoms with E-state index in [2.05, 4.69) is 25.9 Å². The molecule has 1 aromatic heterocycles. The number of H-pyrrole nitrogens is 1. The number of fused-ring (bicyclic) bond motifs is 1. The van der Waals surface area contributed by atoms with E-state index in [-0.39, 0.29) is 5.52 Å². The number of nitrogens with zero attached hydrogens (tertiary/aromatic N) is 1. The zero-order chi connectivity index (χ0) is 14.3. The van der Waals surface area contributed by atoms with Gasteiger partial charge in [-0.25, -0.2) is 13.8 Å². The van der Waals surface area contributed by atoms with Gasteiger partial charge in [0.2, 0.25) is 0 Å². The van der Waals surface area contributed by atoms with Crippen molar-refractivity contribution in [2.24, 2.45) is 0 Å². The number of hydrogen-bond donors (Lipinski definition) is 1. The summed E-state index contributed by atoms with van der Waals surface area (Å²) < 4.78 is 32.7. The van der Waals surface area contributed by atoms with E-state index in [1.807, 2.05) is 0 Å². The maximum absolute atomic E-state index is 13.6. The average Bonchev–Trinajstić information content (AvgIpc) is 2.88. The lowest BCUT2D eigenvalue weighted by Crippen LogP contribution is -1.86. The molecule has 3 rings (SSSR count). The van der Waals surface area contributed by atoms with E-state index >= 15 is 0 Å². The van der Waals surface area contributed by atoms with E-state index < -0.39 is 11.6 Å². The summed E-state index contributed by atoms with van der Waals surface area (Å²) in [5, 5.41) is 0. The van der Waals surface area contributed by atoms with Crippen molar-refractivity contribution in [2.75, 3.05) is 7.11 Å². The molecule has 0 fully saturated rings. The van der Waals surface area contributed by atoms with Gasteiger partial charge < -0.3 is 9.72 Å². The molecule has 0 aliphatic carbocycles. The Morgan fingerprint density at radius 3 is 2.70 bits per heavy atom. The Kier molecular flexibility index (Phi) is 3.17. The molecule has 0 unspecified atom stereocenters. The highest BCUT2D eigenvalue weighted by Gasteiger charge is 2.13. The molecule has 0 spiro atoms. The second-order valence-corrected chi connectivity index (χ2v) is 5.05. The first-order valence-electron chi connectivity index (χ1n) is 5.78. The van der Waals surface area contributed by atoms with Crippen LogP contribution in [0.1, 0.15) is 0 Å². The average molecular weight is 339 g/mol. The Morgan fingerprint density at radius 2 is 2.00 bits per heavy atom. The van der Waals surface area contributed by atoms with Crippen LogP contribution in [0.2, 0.25) is 0 Å². The molecule has 3 nitrogen and oxygen atoms in total. The third kappa shape index (κ3) is 2.06. The van der Waals surface area contributed by atoms with Crippen molar-refractivity contribution in [1.82, 2.24) is 9.97 Å². The van der Waals surface area contributed by atoms with Gasteiger partial charge in [-0.15, -0.1) is 0 Å². The van der Waals surface area contributed by atoms with Gasteiger partial charge in [-0.3, -0.25) is 0 Å². The molecule has 1 heterocycles. The number of aromatic amines is 1. The van der Waals surface area contributed by atoms with Crippen molar-refractivity contribution in [1.29, 1.82) is 0 Å². The standard InChI is InChI=1S/C14H9BrF2N2O/c1-20-11-5-2-7(6-8(11)15)14-18-10-4-3-9(16)12(17)13(10)19-14/h2-6H,1H3,(H,18,19). The minimum atomic E-state index is -0.947. The van der Waals surface area contributed by atoms with Gasteiger partial charge in [0.25, 0.3) is 0 Å². The summed E-state index contributed by atoms with van der Waals surface area (Å²) in [7, 11) is 1.57. The topological polar surface area (TPSA) is 37.9 Å². The summed E-state index contributed by atoms with van der Waals surface area (Å²) in [5.74, 6) is -0.709. The lowest BCUT2D eigenvalue weighted by molar-refractivity contribution is 0.412. The smallest absolute Gasteiger partial charge is 0.186 e. The third-order valence-corrected chi connectivity index (χ3v) is 3.59. The van der Waals surface area contributed by atoms with E-state index in [0.29, 0.717) is 17.1 Å². The zero-order valence-electron chi connectivity index (χ0n) is 10.4. The Labute approximate surface area is 121 Å². The van der Waals surface area contributed by atoms with E-state index in [4.69, 9.17) is 4.74 Å². The summed E-state index contributed by atoms with van der Waals surface area (Å²) in [6.07, 6.45) is 0. The Morgan fingerprint density at radius 1 is 1.20 bits per heavy atom. The second-order valence-electron chi connectivity index (χ2n) is 4.19. The highest BCUT2D eigenvalue weighted by molar-refractivity contribution is 9.10. The Bertz CT molecular complexity index is 801. The first kappa shape index (κ1) is 13.1. The third-order valence-electron chi connectivity index (χ3n) is 2.97. The van der Waals surface area contributed by atoms with Crippen molar-refractivity contribution in [3.63, 3.8) is 0 Å². The normalized spacial score (nSPS) is 11.0. The second kappa shape index (κ2) is 4.86. The van der Waals surface area contributed by atoms with Crippen molar-refractivity contribution < 1.29 is 13.5 Å². The van der Waals surface area contributed by atoms with Crippen molar-refractivity contribution in [3.8, 4) is 17.1 Å². The van der Waals surface area contributed by atoms with Gasteiger partial charge in [0.15, 0.2) is 11.6 Å². The summed E-state index contributed by atoms with van der Waals surface area (Å²) >= 11 is 3.37. The van der Waals surface area contributed by atoms with E-state index in [0.717, 1.165) is 16.1 Å². The lowest BCUT2D eigenvalue weighted by Gasteiger charge is -2.04. The molecular weight excluding hydrogens is 330 g/mol. The molecule has 6 heteroatoms. The molecule has 2 aromatic carbocycles. The summed E-state index contributed by atoms with van der Waals surface area (Å²) in [6.45, 7) is 0. The van der Waals surface area contributed by atoms with E-state index in [1.54, 1.807) is 25.3 Å². The van der Waals surface area contributed by atoms with Crippen LogP contribution in [0.4, 0.5) is 8.78 Å². The number of halogens is 3. The molecule has 0 bridgehead atoms. The molecule has 0 aliphatic heterocycles. The molecule has 1 N–H and O–H groups in total. The van der Waals surface area contributed by atoms with Crippen molar-refractivity contribution in [2.45, 2.75) is 0 Å². The van der Waals surface area contributed by atoms with Crippen LogP contribution in [0.25, 0.3) is 22.4 Å². The summed E-state index contributed by atoms with van der Waals surface area (Å²) in [6, 6.07) is 7.89. The molecule has 102 valence electrons. The van der Waals surface area contributed by atoms with Gasteiger partial charge >= 0.3 is 0 Å². The first-order valence-corrected chi connectivity index (χ1v) is 6.57. The highest BCUT2D eigenvalue weighted by atomic mass is 79.9. The quantitative estimate of drug-likeness (QED) is 0.757. The van der Waals surface area contributed by atoms with Crippen LogP contribution < -0.4 is 4.74 Å². The molecule has 0 atom stereocenters. The van der Waals surface area contributed by atoms with Gasteiger partial charge in [-0.05, 0) is 46.3 Å². The predicted molar refractivity (Wildman–Crippen MR) is 75.7 cm³/mol. The number of imidazole rings is 1. The molecule has 20 heavy (non-hydrogen) atoms. The van der Waals surface area contributed by atoms with E-state index in [1.165, 1.54) is 6.07 Å². The highest BCUT2D eigenvalue weighted by Crippen LogP contribution is 2.30. The fourth-order valence-corrected chi connectivity index (χ4v) is 2.51. The first-order chi connectivity index (χ1) is 9.60. The molecular formula is C14H9BrF2N2O. The van der Waals surface area contributed by atoms with Crippen LogP contribution in [-0.2, 0) is 0 Å². The fourth-order valence-electron chi connectivity index (χ4n) is 1.97. The van der Waals surface area contributed by atoms with Gasteiger partial charge in [0.1, 0.15) is 17.1 Å². The number of ether oxygens (including phenoxy) is 1. The van der Waals surface area contributed by atoms with Crippen LogP contribution in [0.15, 0.2) is 34.8 Å². The van der Waals surface area contributed by atoms with Gasteiger partial charge in [-0.1, -0.05) is 0 Å². The number of aromatic nitrogens is 2. The molecule has 0 amide bonds. The van der Waals surface area contributed by atoms with Crippen LogP contribution in [-0.4, -0.2) is 17.1 Å². The Balaban J connectivity index is 2.15. The van der Waals surface area contributed by atoms with Gasteiger partial charge in [0, 0.05) is 5.56 Å². The number of benzene rings is 2. The fraction of sp³-hybridized carbons (Fsp3) is 0.0714. The van der Waals surface area contributed by atoms with Crippen LogP contribution >= 0.6 is 15.9 Å². The molecule has 0 aliphatic rings. The van der Waals surface area contributed by atoms with E-state index in [9.17, 15) is 8.78 Å². The number of methoxy groups -OCH3 is 1. The van der Waals surface area contributed by atoms with Crippen LogP contribution in [0, 0.1) is 11.6 Å². The zero-order valence-corrected chi connectivity index (χ0v) is 12.0. The van der Waals surface area contributed by atoms with Crippen LogP contribution in [0.5, 0.6) is 5.75 Å². The number of hydrogen-bond acceptors (Lipinski definition) is 2. The SMILES string of the molecule is COc1ccc(-c2nc3c(F)c(F)ccc3[nH]2)cc1Br.